The van der Waals surface area contributed by atoms with Crippen molar-refractivity contribution in [3.05, 3.63) is 36.2 Å². The number of benzene rings is 1. The number of hydrogen-bond acceptors (Lipinski definition) is 3. The first-order valence-corrected chi connectivity index (χ1v) is 4.00. The van der Waals surface area contributed by atoms with Gasteiger partial charge in [-0.15, -0.1) is 0 Å². The summed E-state index contributed by atoms with van der Waals surface area (Å²) in [4.78, 5) is 3.86. The molecule has 0 unspecified atom stereocenters. The molecule has 2 rings (SSSR count). The molecule has 0 bridgehead atoms. The van der Waals surface area contributed by atoms with E-state index in [1.54, 1.807) is 4.68 Å². The van der Waals surface area contributed by atoms with Gasteiger partial charge in [0.25, 0.3) is 0 Å². The zero-order chi connectivity index (χ0) is 9.26. The third kappa shape index (κ3) is 1.26. The summed E-state index contributed by atoms with van der Waals surface area (Å²) in [5.41, 5.74) is 7.73. The summed E-state index contributed by atoms with van der Waals surface area (Å²) in [7, 11) is 0. The molecule has 0 spiro atoms. The summed E-state index contributed by atoms with van der Waals surface area (Å²) in [5, 5.41) is 4.03. The second kappa shape index (κ2) is 2.90. The molecule has 1 aromatic heterocycles. The van der Waals surface area contributed by atoms with Crippen LogP contribution >= 0.6 is 0 Å². The van der Waals surface area contributed by atoms with Crippen LogP contribution in [0.4, 0.5) is 5.95 Å². The van der Waals surface area contributed by atoms with Crippen LogP contribution in [0.25, 0.3) is 5.69 Å². The lowest BCUT2D eigenvalue weighted by atomic mass is 10.2. The molecule has 0 fully saturated rings. The van der Waals surface area contributed by atoms with Crippen LogP contribution in [0.15, 0.2) is 30.6 Å². The molecule has 0 radical (unpaired) electrons. The van der Waals surface area contributed by atoms with Crippen molar-refractivity contribution in [1.29, 1.82) is 0 Å². The standard InChI is InChI=1S/C9H10N4/c1-7-4-2-3-5-8(7)13-9(10)11-6-12-13/h2-6H,1H3,(H2,10,11,12). The fourth-order valence-corrected chi connectivity index (χ4v) is 1.24. The Hall–Kier alpha value is -1.84. The van der Waals surface area contributed by atoms with E-state index in [1.165, 1.54) is 6.33 Å². The smallest absolute Gasteiger partial charge is 0.223 e. The molecule has 1 aromatic carbocycles. The quantitative estimate of drug-likeness (QED) is 0.705. The summed E-state index contributed by atoms with van der Waals surface area (Å²) in [6, 6.07) is 7.90. The van der Waals surface area contributed by atoms with E-state index in [4.69, 9.17) is 5.73 Å². The Balaban J connectivity index is 2.59. The van der Waals surface area contributed by atoms with E-state index in [1.807, 2.05) is 31.2 Å². The zero-order valence-corrected chi connectivity index (χ0v) is 7.31. The molecule has 0 amide bonds. The molecule has 2 N–H and O–H groups in total. The summed E-state index contributed by atoms with van der Waals surface area (Å²) < 4.78 is 1.62. The summed E-state index contributed by atoms with van der Waals surface area (Å²) in [5.74, 6) is 0.411. The van der Waals surface area contributed by atoms with Crippen LogP contribution in [0, 0.1) is 6.92 Å². The van der Waals surface area contributed by atoms with Gasteiger partial charge in [0, 0.05) is 0 Å². The van der Waals surface area contributed by atoms with Crippen molar-refractivity contribution >= 4 is 5.95 Å². The van der Waals surface area contributed by atoms with Gasteiger partial charge < -0.3 is 5.73 Å². The number of aromatic nitrogens is 3. The van der Waals surface area contributed by atoms with Gasteiger partial charge in [-0.1, -0.05) is 18.2 Å². The molecule has 1 heterocycles. The third-order valence-electron chi connectivity index (χ3n) is 1.92. The second-order valence-corrected chi connectivity index (χ2v) is 2.82. The van der Waals surface area contributed by atoms with E-state index in [0.717, 1.165) is 11.3 Å². The van der Waals surface area contributed by atoms with Crippen LogP contribution in [0.2, 0.25) is 0 Å². The molecule has 0 aliphatic heterocycles. The average Bonchev–Trinajstić information content (AvgIpc) is 2.52. The molecular formula is C9H10N4. The van der Waals surface area contributed by atoms with Crippen molar-refractivity contribution in [2.24, 2.45) is 0 Å². The molecule has 0 atom stereocenters. The van der Waals surface area contributed by atoms with E-state index < -0.39 is 0 Å². The number of nitrogen functional groups attached to an aromatic ring is 1. The van der Waals surface area contributed by atoms with Gasteiger partial charge >= 0.3 is 0 Å². The minimum absolute atomic E-state index is 0.411. The molecule has 13 heavy (non-hydrogen) atoms. The van der Waals surface area contributed by atoms with Gasteiger partial charge in [-0.05, 0) is 18.6 Å². The van der Waals surface area contributed by atoms with Crippen LogP contribution in [0.5, 0.6) is 0 Å². The lowest BCUT2D eigenvalue weighted by molar-refractivity contribution is 0.883. The summed E-state index contributed by atoms with van der Waals surface area (Å²) in [6.07, 6.45) is 1.45. The maximum Gasteiger partial charge on any atom is 0.223 e. The first-order valence-electron chi connectivity index (χ1n) is 4.00. The van der Waals surface area contributed by atoms with E-state index in [2.05, 4.69) is 10.1 Å². The van der Waals surface area contributed by atoms with Gasteiger partial charge in [-0.25, -0.2) is 0 Å². The van der Waals surface area contributed by atoms with Gasteiger partial charge in [-0.3, -0.25) is 0 Å². The first-order chi connectivity index (χ1) is 6.29. The predicted molar refractivity (Wildman–Crippen MR) is 50.5 cm³/mol. The molecule has 66 valence electrons. The van der Waals surface area contributed by atoms with Gasteiger partial charge in [0.15, 0.2) is 0 Å². The molecule has 2 aromatic rings. The highest BCUT2D eigenvalue weighted by Crippen LogP contribution is 2.13. The van der Waals surface area contributed by atoms with Gasteiger partial charge in [0.05, 0.1) is 5.69 Å². The lowest BCUT2D eigenvalue weighted by Crippen LogP contribution is -2.03. The summed E-state index contributed by atoms with van der Waals surface area (Å²) >= 11 is 0. The number of nitrogens with two attached hydrogens (primary N) is 1. The maximum atomic E-state index is 5.63. The number of anilines is 1. The molecule has 0 aliphatic carbocycles. The fraction of sp³-hybridized carbons (Fsp3) is 0.111. The van der Waals surface area contributed by atoms with Crippen LogP contribution in [-0.4, -0.2) is 14.8 Å². The van der Waals surface area contributed by atoms with E-state index in [9.17, 15) is 0 Å². The third-order valence-corrected chi connectivity index (χ3v) is 1.92. The van der Waals surface area contributed by atoms with Crippen molar-refractivity contribution in [2.45, 2.75) is 6.92 Å². The van der Waals surface area contributed by atoms with Crippen molar-refractivity contribution in [3.63, 3.8) is 0 Å². The highest BCUT2D eigenvalue weighted by molar-refractivity contribution is 5.42. The van der Waals surface area contributed by atoms with E-state index >= 15 is 0 Å². The predicted octanol–water partition coefficient (Wildman–Crippen LogP) is 1.16. The molecule has 0 saturated heterocycles. The van der Waals surface area contributed by atoms with Crippen LogP contribution in [0.3, 0.4) is 0 Å². The number of nitrogens with zero attached hydrogens (tertiary/aromatic N) is 3. The van der Waals surface area contributed by atoms with Gasteiger partial charge in [0.1, 0.15) is 6.33 Å². The number of para-hydroxylation sites is 1. The van der Waals surface area contributed by atoms with Gasteiger partial charge in [-0.2, -0.15) is 14.8 Å². The second-order valence-electron chi connectivity index (χ2n) is 2.82. The minimum Gasteiger partial charge on any atom is -0.368 e. The van der Waals surface area contributed by atoms with Crippen LogP contribution in [0.1, 0.15) is 5.56 Å². The van der Waals surface area contributed by atoms with Crippen molar-refractivity contribution in [2.75, 3.05) is 5.73 Å². The molecule has 0 saturated carbocycles. The Morgan fingerprint density at radius 2 is 2.08 bits per heavy atom. The average molecular weight is 174 g/mol. The molecule has 4 heteroatoms. The SMILES string of the molecule is Cc1ccccc1-n1ncnc1N. The first kappa shape index (κ1) is 7.79. The Kier molecular flexibility index (Phi) is 1.73. The van der Waals surface area contributed by atoms with Crippen LogP contribution < -0.4 is 5.73 Å². The Bertz CT molecular complexity index is 419. The largest absolute Gasteiger partial charge is 0.368 e. The Morgan fingerprint density at radius 1 is 1.31 bits per heavy atom. The topological polar surface area (TPSA) is 56.7 Å². The maximum absolute atomic E-state index is 5.63. The zero-order valence-electron chi connectivity index (χ0n) is 7.31. The van der Waals surface area contributed by atoms with Crippen LogP contribution in [-0.2, 0) is 0 Å². The molecular weight excluding hydrogens is 164 g/mol. The summed E-state index contributed by atoms with van der Waals surface area (Å²) in [6.45, 7) is 2.01. The Labute approximate surface area is 76.0 Å². The minimum atomic E-state index is 0.411. The van der Waals surface area contributed by atoms with Gasteiger partial charge in [0.2, 0.25) is 5.95 Å². The number of aryl methyl sites for hydroxylation is 1. The molecule has 0 aliphatic rings. The fourth-order valence-electron chi connectivity index (χ4n) is 1.24. The number of rotatable bonds is 1. The highest BCUT2D eigenvalue weighted by Gasteiger charge is 2.03. The monoisotopic (exact) mass is 174 g/mol. The van der Waals surface area contributed by atoms with E-state index in [-0.39, 0.29) is 0 Å². The van der Waals surface area contributed by atoms with Crippen molar-refractivity contribution < 1.29 is 0 Å². The lowest BCUT2D eigenvalue weighted by Gasteiger charge is -2.05. The van der Waals surface area contributed by atoms with E-state index in [0.29, 0.717) is 5.95 Å². The Morgan fingerprint density at radius 3 is 2.69 bits per heavy atom. The number of hydrogen-bond donors (Lipinski definition) is 1. The van der Waals surface area contributed by atoms with Crippen molar-refractivity contribution in [1.82, 2.24) is 14.8 Å². The normalized spacial score (nSPS) is 10.2. The van der Waals surface area contributed by atoms with Crippen molar-refractivity contribution in [3.8, 4) is 5.69 Å². The molecule has 4 nitrogen and oxygen atoms in total. The highest BCUT2D eigenvalue weighted by atomic mass is 15.4.